The van der Waals surface area contributed by atoms with Crippen molar-refractivity contribution >= 4 is 11.8 Å². The Hall–Kier alpha value is -1.84. The van der Waals surface area contributed by atoms with Crippen molar-refractivity contribution in [3.8, 4) is 0 Å². The van der Waals surface area contributed by atoms with Gasteiger partial charge >= 0.3 is 0 Å². The molecule has 1 aromatic rings. The van der Waals surface area contributed by atoms with Crippen LogP contribution in [0.1, 0.15) is 18.5 Å². The van der Waals surface area contributed by atoms with E-state index in [0.717, 1.165) is 5.56 Å². The van der Waals surface area contributed by atoms with Crippen molar-refractivity contribution in [1.29, 1.82) is 0 Å². The fourth-order valence-electron chi connectivity index (χ4n) is 1.39. The molecule has 4 nitrogen and oxygen atoms in total. The van der Waals surface area contributed by atoms with Crippen LogP contribution in [0, 0.1) is 0 Å². The molecule has 0 radical (unpaired) electrons. The summed E-state index contributed by atoms with van der Waals surface area (Å²) in [4.78, 5) is 24.4. The van der Waals surface area contributed by atoms with E-state index in [1.54, 1.807) is 14.1 Å². The predicted molar refractivity (Wildman–Crippen MR) is 61.7 cm³/mol. The maximum Gasteiger partial charge on any atom is 0.249 e. The molecule has 86 valence electrons. The number of hydrogen-bond donors (Lipinski definition) is 1. The van der Waals surface area contributed by atoms with Crippen LogP contribution < -0.4 is 5.32 Å². The number of carbonyl (C=O) groups excluding carboxylic acids is 2. The number of amides is 2. The van der Waals surface area contributed by atoms with Gasteiger partial charge in [-0.1, -0.05) is 30.3 Å². The van der Waals surface area contributed by atoms with Gasteiger partial charge in [-0.2, -0.15) is 0 Å². The average Bonchev–Trinajstić information content (AvgIpc) is 2.26. The Morgan fingerprint density at radius 1 is 1.19 bits per heavy atom. The first-order valence-electron chi connectivity index (χ1n) is 5.05. The second-order valence-corrected chi connectivity index (χ2v) is 3.78. The molecule has 0 aliphatic rings. The molecule has 1 rings (SSSR count). The van der Waals surface area contributed by atoms with Crippen molar-refractivity contribution < 1.29 is 9.59 Å². The number of likely N-dealkylation sites (N-methyl/N-ethyl adjacent to an activating group) is 1. The van der Waals surface area contributed by atoms with Crippen LogP contribution in [0.4, 0.5) is 0 Å². The Labute approximate surface area is 95.3 Å². The number of hydrogen-bond acceptors (Lipinski definition) is 2. The van der Waals surface area contributed by atoms with E-state index in [1.165, 1.54) is 11.8 Å². The van der Waals surface area contributed by atoms with Crippen molar-refractivity contribution in [3.05, 3.63) is 35.9 Å². The van der Waals surface area contributed by atoms with Crippen molar-refractivity contribution in [2.75, 3.05) is 14.1 Å². The minimum Gasteiger partial charge on any atom is -0.347 e. The lowest BCUT2D eigenvalue weighted by Crippen LogP contribution is -2.38. The molecule has 0 heterocycles. The molecule has 0 saturated heterocycles. The van der Waals surface area contributed by atoms with Crippen molar-refractivity contribution in [1.82, 2.24) is 10.2 Å². The third-order valence-electron chi connectivity index (χ3n) is 2.17. The minimum absolute atomic E-state index is 0.138. The van der Waals surface area contributed by atoms with E-state index in [-0.39, 0.29) is 11.8 Å². The molecule has 0 bridgehead atoms. The first-order chi connectivity index (χ1) is 7.52. The fourth-order valence-corrected chi connectivity index (χ4v) is 1.39. The maximum atomic E-state index is 11.9. The van der Waals surface area contributed by atoms with Crippen LogP contribution in [-0.4, -0.2) is 30.8 Å². The third-order valence-corrected chi connectivity index (χ3v) is 2.17. The minimum atomic E-state index is -0.603. The predicted octanol–water partition coefficient (Wildman–Crippen LogP) is 0.952. The second kappa shape index (κ2) is 5.30. The number of rotatable bonds is 3. The monoisotopic (exact) mass is 220 g/mol. The summed E-state index contributed by atoms with van der Waals surface area (Å²) in [7, 11) is 3.33. The first-order valence-corrected chi connectivity index (χ1v) is 5.05. The molecule has 0 saturated carbocycles. The van der Waals surface area contributed by atoms with E-state index in [0.29, 0.717) is 0 Å². The van der Waals surface area contributed by atoms with Crippen molar-refractivity contribution in [2.24, 2.45) is 0 Å². The normalized spacial score (nSPS) is 11.7. The Morgan fingerprint density at radius 2 is 1.75 bits per heavy atom. The SMILES string of the molecule is CC(=O)NC(C(=O)N(C)C)c1ccccc1. The first kappa shape index (κ1) is 12.2. The molecule has 2 amide bonds. The molecule has 4 heteroatoms. The summed E-state index contributed by atoms with van der Waals surface area (Å²) >= 11 is 0. The van der Waals surface area contributed by atoms with Crippen LogP contribution in [0.15, 0.2) is 30.3 Å². The average molecular weight is 220 g/mol. The van der Waals surface area contributed by atoms with Gasteiger partial charge in [-0.25, -0.2) is 0 Å². The highest BCUT2D eigenvalue weighted by atomic mass is 16.2. The standard InChI is InChI=1S/C12H16N2O2/c1-9(15)13-11(12(16)14(2)3)10-7-5-4-6-8-10/h4-8,11H,1-3H3,(H,13,15). The van der Waals surface area contributed by atoms with E-state index in [1.807, 2.05) is 30.3 Å². The van der Waals surface area contributed by atoms with Crippen LogP contribution in [0.3, 0.4) is 0 Å². The van der Waals surface area contributed by atoms with E-state index in [4.69, 9.17) is 0 Å². The van der Waals surface area contributed by atoms with Crippen molar-refractivity contribution in [2.45, 2.75) is 13.0 Å². The Kier molecular flexibility index (Phi) is 4.05. The smallest absolute Gasteiger partial charge is 0.249 e. The van der Waals surface area contributed by atoms with Gasteiger partial charge in [0.15, 0.2) is 0 Å². The molecule has 0 spiro atoms. The van der Waals surface area contributed by atoms with Crippen molar-refractivity contribution in [3.63, 3.8) is 0 Å². The lowest BCUT2D eigenvalue weighted by molar-refractivity contribution is -0.134. The largest absolute Gasteiger partial charge is 0.347 e. The van der Waals surface area contributed by atoms with E-state index >= 15 is 0 Å². The molecule has 1 N–H and O–H groups in total. The third kappa shape index (κ3) is 3.08. The quantitative estimate of drug-likeness (QED) is 0.824. The molecule has 1 unspecified atom stereocenters. The number of benzene rings is 1. The van der Waals surface area contributed by atoms with Gasteiger partial charge in [0.25, 0.3) is 0 Å². The highest BCUT2D eigenvalue weighted by Crippen LogP contribution is 2.14. The molecule has 16 heavy (non-hydrogen) atoms. The lowest BCUT2D eigenvalue weighted by Gasteiger charge is -2.21. The van der Waals surface area contributed by atoms with Gasteiger partial charge in [-0.15, -0.1) is 0 Å². The molecule has 0 aliphatic carbocycles. The summed E-state index contributed by atoms with van der Waals surface area (Å²) < 4.78 is 0. The van der Waals surface area contributed by atoms with E-state index < -0.39 is 6.04 Å². The van der Waals surface area contributed by atoms with Gasteiger partial charge in [-0.3, -0.25) is 9.59 Å². The van der Waals surface area contributed by atoms with E-state index in [2.05, 4.69) is 5.32 Å². The van der Waals surface area contributed by atoms with Gasteiger partial charge in [0, 0.05) is 21.0 Å². The summed E-state index contributed by atoms with van der Waals surface area (Å²) in [6.07, 6.45) is 0. The van der Waals surface area contributed by atoms with Gasteiger partial charge in [0.2, 0.25) is 11.8 Å². The van der Waals surface area contributed by atoms with Gasteiger partial charge in [-0.05, 0) is 5.56 Å². The molecular formula is C12H16N2O2. The molecule has 0 aliphatic heterocycles. The summed E-state index contributed by atoms with van der Waals surface area (Å²) in [6.45, 7) is 1.40. The topological polar surface area (TPSA) is 49.4 Å². The molecule has 0 aromatic heterocycles. The van der Waals surface area contributed by atoms with Crippen LogP contribution in [0.2, 0.25) is 0 Å². The lowest BCUT2D eigenvalue weighted by atomic mass is 10.1. The molecule has 0 fully saturated rings. The Morgan fingerprint density at radius 3 is 2.19 bits per heavy atom. The summed E-state index contributed by atoms with van der Waals surface area (Å²) in [5.74, 6) is -0.356. The number of nitrogens with one attached hydrogen (secondary N) is 1. The zero-order chi connectivity index (χ0) is 12.1. The van der Waals surface area contributed by atoms with Crippen LogP contribution in [-0.2, 0) is 9.59 Å². The van der Waals surface area contributed by atoms with Crippen LogP contribution >= 0.6 is 0 Å². The highest BCUT2D eigenvalue weighted by molar-refractivity contribution is 5.87. The highest BCUT2D eigenvalue weighted by Gasteiger charge is 2.22. The van der Waals surface area contributed by atoms with Gasteiger partial charge in [0.1, 0.15) is 6.04 Å². The zero-order valence-corrected chi connectivity index (χ0v) is 9.73. The van der Waals surface area contributed by atoms with Crippen LogP contribution in [0.5, 0.6) is 0 Å². The molecule has 1 atom stereocenters. The van der Waals surface area contributed by atoms with Gasteiger partial charge in [0.05, 0.1) is 0 Å². The zero-order valence-electron chi connectivity index (χ0n) is 9.73. The number of nitrogens with zero attached hydrogens (tertiary/aromatic N) is 1. The number of carbonyl (C=O) groups is 2. The fraction of sp³-hybridized carbons (Fsp3) is 0.333. The van der Waals surface area contributed by atoms with Gasteiger partial charge < -0.3 is 10.2 Å². The maximum absolute atomic E-state index is 11.9. The Balaban J connectivity index is 2.96. The summed E-state index contributed by atoms with van der Waals surface area (Å²) in [6, 6.07) is 8.59. The Bertz CT molecular complexity index is 374. The molecular weight excluding hydrogens is 204 g/mol. The molecule has 1 aromatic carbocycles. The van der Waals surface area contributed by atoms with Crippen LogP contribution in [0.25, 0.3) is 0 Å². The second-order valence-electron chi connectivity index (χ2n) is 3.78. The summed E-state index contributed by atoms with van der Waals surface area (Å²) in [5.41, 5.74) is 0.788. The van der Waals surface area contributed by atoms with E-state index in [9.17, 15) is 9.59 Å². The summed E-state index contributed by atoms with van der Waals surface area (Å²) in [5, 5.41) is 2.65.